The van der Waals surface area contributed by atoms with Crippen molar-refractivity contribution in [3.8, 4) is 0 Å². The molecule has 6 nitrogen and oxygen atoms in total. The topological polar surface area (TPSA) is 73.8 Å². The number of benzene rings is 2. The lowest BCUT2D eigenvalue weighted by atomic mass is 9.99. The molecule has 0 radical (unpaired) electrons. The second-order valence-electron chi connectivity index (χ2n) is 7.48. The van der Waals surface area contributed by atoms with Gasteiger partial charge in [0.25, 0.3) is 0 Å². The van der Waals surface area contributed by atoms with Crippen molar-refractivity contribution >= 4 is 40.0 Å². The van der Waals surface area contributed by atoms with E-state index in [1.165, 1.54) is 5.56 Å². The van der Waals surface area contributed by atoms with Crippen molar-refractivity contribution in [2.45, 2.75) is 24.7 Å². The first-order chi connectivity index (χ1) is 14.0. The fraction of sp³-hybridized carbons (Fsp3) is 0.409. The average Bonchev–Trinajstić information content (AvgIpc) is 3.17. The maximum atomic E-state index is 12.4. The van der Waals surface area contributed by atoms with Crippen LogP contribution in [0.2, 0.25) is 0 Å². The predicted molar refractivity (Wildman–Crippen MR) is 133 cm³/mol. The Bertz CT molecular complexity index is 918. The quantitative estimate of drug-likeness (QED) is 0.244. The molecule has 0 aliphatic carbocycles. The highest BCUT2D eigenvalue weighted by Crippen LogP contribution is 2.20. The molecule has 1 saturated heterocycles. The van der Waals surface area contributed by atoms with Gasteiger partial charge in [0.05, 0.1) is 4.90 Å². The normalized spacial score (nSPS) is 16.9. The predicted octanol–water partition coefficient (Wildman–Crippen LogP) is 3.03. The summed E-state index contributed by atoms with van der Waals surface area (Å²) in [5, 5.41) is 3.28. The lowest BCUT2D eigenvalue weighted by Gasteiger charge is -2.22. The van der Waals surface area contributed by atoms with Gasteiger partial charge in [0, 0.05) is 33.2 Å². The van der Waals surface area contributed by atoms with Gasteiger partial charge in [-0.05, 0) is 43.4 Å². The van der Waals surface area contributed by atoms with Crippen molar-refractivity contribution in [1.82, 2.24) is 14.9 Å². The lowest BCUT2D eigenvalue weighted by molar-refractivity contribution is 0.460. The molecule has 0 saturated carbocycles. The van der Waals surface area contributed by atoms with Crippen molar-refractivity contribution in [2.24, 2.45) is 10.9 Å². The first kappa shape index (κ1) is 24.6. The molecule has 2 aromatic rings. The molecular formula is C22H31IN4O2S. The summed E-state index contributed by atoms with van der Waals surface area (Å²) in [6, 6.07) is 17.4. The van der Waals surface area contributed by atoms with Gasteiger partial charge in [-0.15, -0.1) is 24.0 Å². The lowest BCUT2D eigenvalue weighted by Crippen LogP contribution is -2.43. The van der Waals surface area contributed by atoms with Crippen molar-refractivity contribution in [1.29, 1.82) is 0 Å². The van der Waals surface area contributed by atoms with Crippen LogP contribution >= 0.6 is 24.0 Å². The molecule has 0 amide bonds. The zero-order chi connectivity index (χ0) is 20.7. The Balaban J connectivity index is 0.00000320. The summed E-state index contributed by atoms with van der Waals surface area (Å²) in [6.45, 7) is 4.65. The fourth-order valence-electron chi connectivity index (χ4n) is 3.63. The number of rotatable bonds is 7. The molecule has 1 heterocycles. The van der Waals surface area contributed by atoms with Crippen molar-refractivity contribution < 1.29 is 8.42 Å². The fourth-order valence-corrected chi connectivity index (χ4v) is 4.66. The Labute approximate surface area is 197 Å². The van der Waals surface area contributed by atoms with E-state index in [0.29, 0.717) is 19.0 Å². The standard InChI is InChI=1S/C22H30N4O2S.HI/c1-18-8-10-21(11-9-18)29(27,28)25-14-13-24-22(23-2)26-15-12-20(17-26)16-19-6-4-3-5-7-19;/h3-11,20,25H,12-17H2,1-2H3,(H,23,24);1H. The molecule has 0 spiro atoms. The molecule has 0 bridgehead atoms. The largest absolute Gasteiger partial charge is 0.355 e. The number of hydrogen-bond donors (Lipinski definition) is 2. The number of nitrogens with zero attached hydrogens (tertiary/aromatic N) is 2. The molecule has 30 heavy (non-hydrogen) atoms. The van der Waals surface area contributed by atoms with Crippen LogP contribution in [0.1, 0.15) is 17.5 Å². The van der Waals surface area contributed by atoms with Crippen LogP contribution in [0.25, 0.3) is 0 Å². The van der Waals surface area contributed by atoms with Crippen molar-refractivity contribution in [3.63, 3.8) is 0 Å². The molecule has 3 rings (SSSR count). The highest BCUT2D eigenvalue weighted by Gasteiger charge is 2.25. The number of nitrogens with one attached hydrogen (secondary N) is 2. The third kappa shape index (κ3) is 6.95. The highest BCUT2D eigenvalue weighted by atomic mass is 127. The minimum Gasteiger partial charge on any atom is -0.355 e. The molecule has 164 valence electrons. The Morgan fingerprint density at radius 2 is 1.80 bits per heavy atom. The summed E-state index contributed by atoms with van der Waals surface area (Å²) in [7, 11) is -1.72. The van der Waals surface area contributed by atoms with Gasteiger partial charge in [-0.25, -0.2) is 13.1 Å². The number of sulfonamides is 1. The Morgan fingerprint density at radius 3 is 2.47 bits per heavy atom. The maximum Gasteiger partial charge on any atom is 0.240 e. The highest BCUT2D eigenvalue weighted by molar-refractivity contribution is 14.0. The van der Waals surface area contributed by atoms with Crippen LogP contribution in [-0.2, 0) is 16.4 Å². The van der Waals surface area contributed by atoms with Crippen LogP contribution in [0.4, 0.5) is 0 Å². The van der Waals surface area contributed by atoms with Crippen LogP contribution in [0.15, 0.2) is 64.5 Å². The van der Waals surface area contributed by atoms with E-state index in [1.807, 2.05) is 13.0 Å². The number of halogens is 1. The molecular weight excluding hydrogens is 511 g/mol. The Morgan fingerprint density at radius 1 is 1.10 bits per heavy atom. The summed E-state index contributed by atoms with van der Waals surface area (Å²) in [5.74, 6) is 1.44. The minimum absolute atomic E-state index is 0. The zero-order valence-corrected chi connectivity index (χ0v) is 20.7. The van der Waals surface area contributed by atoms with Gasteiger partial charge in [0.15, 0.2) is 5.96 Å². The zero-order valence-electron chi connectivity index (χ0n) is 17.5. The molecule has 1 atom stereocenters. The van der Waals surface area contributed by atoms with E-state index in [-0.39, 0.29) is 28.9 Å². The van der Waals surface area contributed by atoms with Crippen LogP contribution in [0.3, 0.4) is 0 Å². The molecule has 1 aliphatic heterocycles. The number of hydrogen-bond acceptors (Lipinski definition) is 3. The Hall–Kier alpha value is -1.65. The average molecular weight is 542 g/mol. The van der Waals surface area contributed by atoms with E-state index in [9.17, 15) is 8.42 Å². The second-order valence-corrected chi connectivity index (χ2v) is 9.24. The number of aliphatic imine (C=N–C) groups is 1. The van der Waals surface area contributed by atoms with Crippen LogP contribution in [-0.4, -0.2) is 52.5 Å². The molecule has 1 fully saturated rings. The molecule has 0 aromatic heterocycles. The molecule has 2 aromatic carbocycles. The Kier molecular flexibility index (Phi) is 9.57. The summed E-state index contributed by atoms with van der Waals surface area (Å²) >= 11 is 0. The van der Waals surface area contributed by atoms with Crippen molar-refractivity contribution in [2.75, 3.05) is 33.2 Å². The van der Waals surface area contributed by atoms with Gasteiger partial charge in [-0.1, -0.05) is 48.0 Å². The number of aryl methyl sites for hydroxylation is 1. The molecule has 1 aliphatic rings. The first-order valence-electron chi connectivity index (χ1n) is 10.0. The summed E-state index contributed by atoms with van der Waals surface area (Å²) in [5.41, 5.74) is 2.40. The summed E-state index contributed by atoms with van der Waals surface area (Å²) in [4.78, 5) is 6.91. The van der Waals surface area contributed by atoms with Gasteiger partial charge in [0.2, 0.25) is 10.0 Å². The molecule has 2 N–H and O–H groups in total. The van der Waals surface area contributed by atoms with E-state index >= 15 is 0 Å². The van der Waals surface area contributed by atoms with Crippen LogP contribution in [0, 0.1) is 12.8 Å². The second kappa shape index (κ2) is 11.7. The summed E-state index contributed by atoms with van der Waals surface area (Å²) in [6.07, 6.45) is 2.21. The number of likely N-dealkylation sites (tertiary alicyclic amines) is 1. The van der Waals surface area contributed by atoms with Gasteiger partial charge in [-0.3, -0.25) is 4.99 Å². The van der Waals surface area contributed by atoms with E-state index in [1.54, 1.807) is 31.3 Å². The van der Waals surface area contributed by atoms with Crippen LogP contribution in [0.5, 0.6) is 0 Å². The van der Waals surface area contributed by atoms with Gasteiger partial charge < -0.3 is 10.2 Å². The van der Waals surface area contributed by atoms with Gasteiger partial charge in [0.1, 0.15) is 0 Å². The van der Waals surface area contributed by atoms with Crippen LogP contribution < -0.4 is 10.0 Å². The van der Waals surface area contributed by atoms with E-state index in [4.69, 9.17) is 0 Å². The maximum absolute atomic E-state index is 12.4. The smallest absolute Gasteiger partial charge is 0.240 e. The third-order valence-electron chi connectivity index (χ3n) is 5.20. The molecule has 8 heteroatoms. The minimum atomic E-state index is -3.49. The monoisotopic (exact) mass is 542 g/mol. The van der Waals surface area contributed by atoms with Crippen molar-refractivity contribution in [3.05, 3.63) is 65.7 Å². The SMILES string of the molecule is CN=C(NCCNS(=O)(=O)c1ccc(C)cc1)N1CCC(Cc2ccccc2)C1.I. The van der Waals surface area contributed by atoms with Gasteiger partial charge >= 0.3 is 0 Å². The van der Waals surface area contributed by atoms with Gasteiger partial charge in [-0.2, -0.15) is 0 Å². The third-order valence-corrected chi connectivity index (χ3v) is 6.67. The van der Waals surface area contributed by atoms with E-state index in [2.05, 4.69) is 44.2 Å². The number of guanidine groups is 1. The van der Waals surface area contributed by atoms with E-state index < -0.39 is 10.0 Å². The molecule has 1 unspecified atom stereocenters. The first-order valence-corrected chi connectivity index (χ1v) is 11.5. The summed E-state index contributed by atoms with van der Waals surface area (Å²) < 4.78 is 27.3. The van der Waals surface area contributed by atoms with E-state index in [0.717, 1.165) is 37.5 Å².